The Morgan fingerprint density at radius 2 is 2.26 bits per heavy atom. The average Bonchev–Trinajstić information content (AvgIpc) is 3.06. The largest absolute Gasteiger partial charge is 0.354 e. The maximum absolute atomic E-state index is 3.80. The van der Waals surface area contributed by atoms with Gasteiger partial charge >= 0.3 is 0 Å². The van der Waals surface area contributed by atoms with Crippen LogP contribution in [0.25, 0.3) is 0 Å². The van der Waals surface area contributed by atoms with Gasteiger partial charge in [-0.25, -0.2) is 0 Å². The van der Waals surface area contributed by atoms with E-state index in [1.165, 1.54) is 17.7 Å². The van der Waals surface area contributed by atoms with Gasteiger partial charge in [0.05, 0.1) is 3.63 Å². The molecular formula is C15H17IN2S. The Morgan fingerprint density at radius 1 is 1.37 bits per heavy atom. The van der Waals surface area contributed by atoms with E-state index in [0.717, 1.165) is 6.54 Å². The second kappa shape index (κ2) is 4.53. The van der Waals surface area contributed by atoms with Crippen LogP contribution in [0.15, 0.2) is 33.8 Å². The third kappa shape index (κ3) is 1.80. The summed E-state index contributed by atoms with van der Waals surface area (Å²) in [6.07, 6.45) is 1.24. The van der Waals surface area contributed by atoms with Crippen LogP contribution in [0, 0.1) is 5.41 Å². The lowest BCUT2D eigenvalue weighted by Crippen LogP contribution is -2.41. The van der Waals surface area contributed by atoms with E-state index in [-0.39, 0.29) is 5.41 Å². The first kappa shape index (κ1) is 12.3. The highest BCUT2D eigenvalue weighted by Gasteiger charge is 2.46. The van der Waals surface area contributed by atoms with Gasteiger partial charge in [0.25, 0.3) is 0 Å². The van der Waals surface area contributed by atoms with Crippen LogP contribution in [-0.4, -0.2) is 13.5 Å². The molecule has 0 spiro atoms. The molecule has 0 unspecified atom stereocenters. The highest BCUT2D eigenvalue weighted by Crippen LogP contribution is 2.51. The molecule has 4 heteroatoms. The summed E-state index contributed by atoms with van der Waals surface area (Å²) < 4.78 is 6.57. The number of hydrogen-bond acceptors (Lipinski definition) is 3. The van der Waals surface area contributed by atoms with Crippen molar-refractivity contribution in [2.24, 2.45) is 5.41 Å². The molecule has 3 heterocycles. The molecular weight excluding hydrogens is 367 g/mol. The first-order valence-electron chi connectivity index (χ1n) is 6.58. The van der Waals surface area contributed by atoms with Crippen LogP contribution in [0.3, 0.4) is 0 Å². The summed E-state index contributed by atoms with van der Waals surface area (Å²) in [6, 6.07) is 9.27. The van der Waals surface area contributed by atoms with Gasteiger partial charge in [0.2, 0.25) is 0 Å². The normalized spacial score (nSPS) is 37.4. The quantitative estimate of drug-likeness (QED) is 0.666. The summed E-state index contributed by atoms with van der Waals surface area (Å²) in [6.45, 7) is 3.57. The molecule has 4 rings (SSSR count). The minimum absolute atomic E-state index is 0.283. The predicted octanol–water partition coefficient (Wildman–Crippen LogP) is 3.77. The Labute approximate surface area is 124 Å². The number of fused-ring (bicyclic) bond motifs is 3. The number of anilines is 1. The Balaban J connectivity index is 1.97. The highest BCUT2D eigenvalue weighted by molar-refractivity contribution is 14.2. The molecule has 2 nitrogen and oxygen atoms in total. The van der Waals surface area contributed by atoms with E-state index in [1.54, 1.807) is 3.63 Å². The molecule has 0 aliphatic carbocycles. The monoisotopic (exact) mass is 384 g/mol. The standard InChI is InChI=1S/C15H17IN2S/c1-15-6-8-17-13(15)11-4-2-3-5-12(11)18-14(15)16-7-9-19-10-16/h2-5,7,9-10,13,17-18H,6,8H2,1H3/t13-,15-/m0/s1. The molecule has 0 saturated carbocycles. The van der Waals surface area contributed by atoms with Crippen LogP contribution in [0.5, 0.6) is 0 Å². The minimum atomic E-state index is -1.23. The molecule has 0 aromatic heterocycles. The fourth-order valence-electron chi connectivity index (χ4n) is 3.27. The van der Waals surface area contributed by atoms with E-state index < -0.39 is 18.9 Å². The lowest BCUT2D eigenvalue weighted by molar-refractivity contribution is 0.408. The Hall–Kier alpha value is -0.460. The molecule has 1 aromatic carbocycles. The van der Waals surface area contributed by atoms with E-state index in [2.05, 4.69) is 54.7 Å². The summed E-state index contributed by atoms with van der Waals surface area (Å²) in [4.78, 5) is 0. The van der Waals surface area contributed by atoms with Gasteiger partial charge in [0.1, 0.15) is 0 Å². The summed E-state index contributed by atoms with van der Waals surface area (Å²) in [5, 5.41) is 9.79. The molecule has 0 radical (unpaired) electrons. The van der Waals surface area contributed by atoms with Crippen molar-refractivity contribution in [3.63, 3.8) is 0 Å². The zero-order chi connectivity index (χ0) is 12.9. The fourth-order valence-corrected chi connectivity index (χ4v) is 10.9. The van der Waals surface area contributed by atoms with Gasteiger partial charge in [-0.2, -0.15) is 0 Å². The van der Waals surface area contributed by atoms with Gasteiger partial charge in [-0.3, -0.25) is 0 Å². The highest BCUT2D eigenvalue weighted by atomic mass is 127. The van der Waals surface area contributed by atoms with Crippen LogP contribution in [0.4, 0.5) is 5.69 Å². The van der Waals surface area contributed by atoms with Gasteiger partial charge in [-0.05, 0) is 34.1 Å². The Kier molecular flexibility index (Phi) is 2.93. The lowest BCUT2D eigenvalue weighted by Gasteiger charge is -2.40. The molecule has 1 fully saturated rings. The first-order chi connectivity index (χ1) is 9.29. The molecule has 19 heavy (non-hydrogen) atoms. The number of hydrogen-bond donors (Lipinski definition) is 2. The zero-order valence-corrected chi connectivity index (χ0v) is 13.8. The van der Waals surface area contributed by atoms with Gasteiger partial charge < -0.3 is 10.6 Å². The number of benzene rings is 1. The number of nitrogens with one attached hydrogen (secondary N) is 2. The smallest absolute Gasteiger partial charge is 0.0524 e. The van der Waals surface area contributed by atoms with Gasteiger partial charge in [-0.1, -0.05) is 55.8 Å². The van der Waals surface area contributed by atoms with E-state index >= 15 is 0 Å². The molecule has 1 aromatic rings. The first-order valence-corrected chi connectivity index (χ1v) is 11.1. The summed E-state index contributed by atoms with van der Waals surface area (Å²) in [5.74, 6) is 0. The van der Waals surface area contributed by atoms with Crippen LogP contribution in [-0.2, 0) is 0 Å². The van der Waals surface area contributed by atoms with Gasteiger partial charge in [0, 0.05) is 20.5 Å². The van der Waals surface area contributed by atoms with E-state index in [9.17, 15) is 0 Å². The Bertz CT molecular complexity index is 658. The molecule has 3 aliphatic heterocycles. The lowest BCUT2D eigenvalue weighted by atomic mass is 9.76. The maximum atomic E-state index is 3.80. The second-order valence-electron chi connectivity index (χ2n) is 5.41. The van der Waals surface area contributed by atoms with Crippen molar-refractivity contribution in [1.82, 2.24) is 5.32 Å². The van der Waals surface area contributed by atoms with Crippen molar-refractivity contribution in [3.8, 4) is 0 Å². The third-order valence-electron chi connectivity index (χ3n) is 4.28. The number of para-hydroxylation sites is 1. The van der Waals surface area contributed by atoms with Crippen molar-refractivity contribution < 1.29 is 0 Å². The SMILES string of the molecule is C[C@]12CCN[C@H]1c1ccccc1NC2=I1=CSC=C1. The topological polar surface area (TPSA) is 24.1 Å². The maximum Gasteiger partial charge on any atom is 0.0524 e. The number of halogens is 1. The van der Waals surface area contributed by atoms with E-state index in [0.29, 0.717) is 6.04 Å². The third-order valence-corrected chi connectivity index (χ3v) is 11.8. The zero-order valence-electron chi connectivity index (χ0n) is 10.8. The van der Waals surface area contributed by atoms with Crippen LogP contribution >= 0.6 is 30.6 Å². The summed E-state index contributed by atoms with van der Waals surface area (Å²) in [5.41, 5.74) is 3.04. The molecule has 3 aliphatic rings. The van der Waals surface area contributed by atoms with Gasteiger partial charge in [0.15, 0.2) is 0 Å². The average molecular weight is 384 g/mol. The van der Waals surface area contributed by atoms with Crippen molar-refractivity contribution >= 4 is 43.3 Å². The molecule has 0 bridgehead atoms. The summed E-state index contributed by atoms with van der Waals surface area (Å²) >= 11 is 0.643. The number of thioether (sulfide) groups is 1. The number of rotatable bonds is 0. The molecule has 100 valence electrons. The van der Waals surface area contributed by atoms with Crippen molar-refractivity contribution in [2.75, 3.05) is 11.9 Å². The molecule has 1 saturated heterocycles. The van der Waals surface area contributed by atoms with Crippen LogP contribution in [0.1, 0.15) is 24.9 Å². The van der Waals surface area contributed by atoms with Gasteiger partial charge in [-0.15, -0.1) is 0 Å². The predicted molar refractivity (Wildman–Crippen MR) is 95.4 cm³/mol. The van der Waals surface area contributed by atoms with E-state index in [4.69, 9.17) is 0 Å². The van der Waals surface area contributed by atoms with Crippen LogP contribution in [0.2, 0.25) is 0 Å². The Morgan fingerprint density at radius 3 is 3.11 bits per heavy atom. The van der Waals surface area contributed by atoms with Crippen molar-refractivity contribution in [1.29, 1.82) is 0 Å². The fraction of sp³-hybridized carbons (Fsp3) is 0.333. The molecule has 2 N–H and O–H groups in total. The minimum Gasteiger partial charge on any atom is -0.354 e. The van der Waals surface area contributed by atoms with Crippen LogP contribution < -0.4 is 10.6 Å². The van der Waals surface area contributed by atoms with E-state index in [1.807, 2.05) is 11.8 Å². The van der Waals surface area contributed by atoms with Crippen molar-refractivity contribution in [2.45, 2.75) is 19.4 Å². The second-order valence-corrected chi connectivity index (χ2v) is 11.4. The molecule has 0 amide bonds. The molecule has 2 atom stereocenters. The summed E-state index contributed by atoms with van der Waals surface area (Å²) in [7, 11) is 0. The van der Waals surface area contributed by atoms with Crippen molar-refractivity contribution in [3.05, 3.63) is 39.3 Å².